The normalized spacial score (nSPS) is 10.5. The van der Waals surface area contributed by atoms with E-state index in [9.17, 15) is 9.59 Å². The molecule has 0 saturated carbocycles. The lowest BCUT2D eigenvalue weighted by Gasteiger charge is -2.02. The quantitative estimate of drug-likeness (QED) is 0.845. The van der Waals surface area contributed by atoms with Gasteiger partial charge in [0.2, 0.25) is 5.91 Å². The predicted octanol–water partition coefficient (Wildman–Crippen LogP) is 2.74. The number of pyridine rings is 1. The first-order chi connectivity index (χ1) is 10.0. The second-order valence-corrected chi connectivity index (χ2v) is 4.47. The number of aromatic carboxylic acids is 1. The van der Waals surface area contributed by atoms with Crippen LogP contribution >= 0.6 is 0 Å². The summed E-state index contributed by atoms with van der Waals surface area (Å²) in [6.07, 6.45) is 4.42. The molecule has 0 spiro atoms. The zero-order valence-corrected chi connectivity index (χ0v) is 11.4. The van der Waals surface area contributed by atoms with Crippen molar-refractivity contribution in [1.82, 2.24) is 4.98 Å². The molecule has 5 nitrogen and oxygen atoms in total. The zero-order chi connectivity index (χ0) is 15.2. The molecular weight excluding hydrogens is 268 g/mol. The Hall–Kier alpha value is -2.95. The van der Waals surface area contributed by atoms with E-state index in [-0.39, 0.29) is 11.6 Å². The molecule has 1 aromatic heterocycles. The molecule has 0 aliphatic carbocycles. The first-order valence-corrected chi connectivity index (χ1v) is 6.30. The summed E-state index contributed by atoms with van der Waals surface area (Å²) in [5.41, 5.74) is 2.34. The number of hydrogen-bond acceptors (Lipinski definition) is 3. The molecule has 1 aromatic carbocycles. The van der Waals surface area contributed by atoms with Crippen LogP contribution in [0.4, 0.5) is 5.69 Å². The standard InChI is InChI=1S/C16H14N2O3/c1-11-2-4-12(5-3-11)6-7-15(19)18-13-8-9-17-14(10-13)16(20)21/h2-10H,1H3,(H,20,21)(H,17,18,19). The Morgan fingerprint density at radius 2 is 1.90 bits per heavy atom. The van der Waals surface area contributed by atoms with Gasteiger partial charge in [-0.2, -0.15) is 0 Å². The van der Waals surface area contributed by atoms with Crippen LogP contribution in [0.25, 0.3) is 6.08 Å². The number of carbonyl (C=O) groups excluding carboxylic acids is 1. The number of hydrogen-bond donors (Lipinski definition) is 2. The molecule has 0 atom stereocenters. The highest BCUT2D eigenvalue weighted by Gasteiger charge is 2.05. The van der Waals surface area contributed by atoms with Crippen molar-refractivity contribution in [3.8, 4) is 0 Å². The van der Waals surface area contributed by atoms with Crippen LogP contribution in [-0.4, -0.2) is 22.0 Å². The maximum Gasteiger partial charge on any atom is 0.354 e. The van der Waals surface area contributed by atoms with Gasteiger partial charge in [0.25, 0.3) is 0 Å². The van der Waals surface area contributed by atoms with Crippen LogP contribution in [0, 0.1) is 6.92 Å². The monoisotopic (exact) mass is 282 g/mol. The molecule has 1 heterocycles. The Kier molecular flexibility index (Phi) is 4.46. The topological polar surface area (TPSA) is 79.3 Å². The summed E-state index contributed by atoms with van der Waals surface area (Å²) in [7, 11) is 0. The highest BCUT2D eigenvalue weighted by Crippen LogP contribution is 2.09. The Balaban J connectivity index is 2.03. The number of nitrogens with one attached hydrogen (secondary N) is 1. The highest BCUT2D eigenvalue weighted by atomic mass is 16.4. The van der Waals surface area contributed by atoms with Crippen LogP contribution in [0.3, 0.4) is 0 Å². The molecule has 0 saturated heterocycles. The van der Waals surface area contributed by atoms with Crippen molar-refractivity contribution in [2.75, 3.05) is 5.32 Å². The average Bonchev–Trinajstić information content (AvgIpc) is 2.47. The van der Waals surface area contributed by atoms with Crippen LogP contribution in [0.5, 0.6) is 0 Å². The maximum atomic E-state index is 11.8. The molecule has 0 bridgehead atoms. The minimum Gasteiger partial charge on any atom is -0.477 e. The van der Waals surface area contributed by atoms with Gasteiger partial charge < -0.3 is 10.4 Å². The van der Waals surface area contributed by atoms with Gasteiger partial charge in [-0.25, -0.2) is 9.78 Å². The first-order valence-electron chi connectivity index (χ1n) is 6.30. The van der Waals surface area contributed by atoms with Gasteiger partial charge in [0.05, 0.1) is 0 Å². The molecule has 0 aliphatic heterocycles. The van der Waals surface area contributed by atoms with Gasteiger partial charge in [-0.3, -0.25) is 4.79 Å². The van der Waals surface area contributed by atoms with Crippen LogP contribution in [0.15, 0.2) is 48.7 Å². The molecule has 0 radical (unpaired) electrons. The summed E-state index contributed by atoms with van der Waals surface area (Å²) < 4.78 is 0. The molecule has 2 aromatic rings. The third kappa shape index (κ3) is 4.28. The number of amides is 1. The number of carboxylic acid groups (broad SMARTS) is 1. The number of benzene rings is 1. The fraction of sp³-hybridized carbons (Fsp3) is 0.0625. The summed E-state index contributed by atoms with van der Waals surface area (Å²) in [5, 5.41) is 11.4. The predicted molar refractivity (Wildman–Crippen MR) is 80.0 cm³/mol. The molecule has 2 N–H and O–H groups in total. The van der Waals surface area contributed by atoms with Gasteiger partial charge in [-0.1, -0.05) is 29.8 Å². The summed E-state index contributed by atoms with van der Waals surface area (Å²) in [4.78, 5) is 26.2. The number of carbonyl (C=O) groups is 2. The number of nitrogens with zero attached hydrogens (tertiary/aromatic N) is 1. The van der Waals surface area contributed by atoms with Crippen molar-refractivity contribution >= 4 is 23.6 Å². The van der Waals surface area contributed by atoms with E-state index in [2.05, 4.69) is 10.3 Å². The zero-order valence-electron chi connectivity index (χ0n) is 11.4. The molecular formula is C16H14N2O3. The molecule has 2 rings (SSSR count). The Morgan fingerprint density at radius 3 is 2.57 bits per heavy atom. The van der Waals surface area contributed by atoms with E-state index in [0.29, 0.717) is 5.69 Å². The number of carboxylic acids is 1. The molecule has 1 amide bonds. The highest BCUT2D eigenvalue weighted by molar-refractivity contribution is 6.02. The summed E-state index contributed by atoms with van der Waals surface area (Å²) in [6, 6.07) is 10.6. The summed E-state index contributed by atoms with van der Waals surface area (Å²) in [6.45, 7) is 1.99. The molecule has 0 fully saturated rings. The van der Waals surface area contributed by atoms with E-state index in [0.717, 1.165) is 11.1 Å². The lowest BCUT2D eigenvalue weighted by Crippen LogP contribution is -2.09. The van der Waals surface area contributed by atoms with Crippen molar-refractivity contribution < 1.29 is 14.7 Å². The van der Waals surface area contributed by atoms with Crippen molar-refractivity contribution in [3.05, 3.63) is 65.5 Å². The number of aromatic nitrogens is 1. The van der Waals surface area contributed by atoms with Crippen molar-refractivity contribution in [3.63, 3.8) is 0 Å². The number of anilines is 1. The summed E-state index contributed by atoms with van der Waals surface area (Å²) >= 11 is 0. The van der Waals surface area contributed by atoms with E-state index < -0.39 is 5.97 Å². The molecule has 0 unspecified atom stereocenters. The Bertz CT molecular complexity index is 691. The minimum absolute atomic E-state index is 0.115. The second kappa shape index (κ2) is 6.47. The van der Waals surface area contributed by atoms with Gasteiger partial charge >= 0.3 is 5.97 Å². The van der Waals surface area contributed by atoms with Gasteiger partial charge in [-0.05, 0) is 30.7 Å². The molecule has 106 valence electrons. The fourth-order valence-corrected chi connectivity index (χ4v) is 1.66. The van der Waals surface area contributed by atoms with Crippen molar-refractivity contribution in [2.45, 2.75) is 6.92 Å². The van der Waals surface area contributed by atoms with Gasteiger partial charge in [-0.15, -0.1) is 0 Å². The Morgan fingerprint density at radius 1 is 1.19 bits per heavy atom. The fourth-order valence-electron chi connectivity index (χ4n) is 1.66. The molecule has 21 heavy (non-hydrogen) atoms. The number of aryl methyl sites for hydroxylation is 1. The van der Waals surface area contributed by atoms with Crippen LogP contribution < -0.4 is 5.32 Å². The smallest absolute Gasteiger partial charge is 0.354 e. The van der Waals surface area contributed by atoms with Crippen molar-refractivity contribution in [2.24, 2.45) is 0 Å². The lowest BCUT2D eigenvalue weighted by atomic mass is 10.1. The maximum absolute atomic E-state index is 11.8. The SMILES string of the molecule is Cc1ccc(C=CC(=O)Nc2ccnc(C(=O)O)c2)cc1. The molecule has 0 aliphatic rings. The minimum atomic E-state index is -1.14. The van der Waals surface area contributed by atoms with E-state index in [1.54, 1.807) is 6.08 Å². The Labute approximate surface area is 122 Å². The van der Waals surface area contributed by atoms with E-state index in [1.807, 2.05) is 31.2 Å². The van der Waals surface area contributed by atoms with Gasteiger partial charge in [0, 0.05) is 18.0 Å². The van der Waals surface area contributed by atoms with Crippen LogP contribution in [-0.2, 0) is 4.79 Å². The van der Waals surface area contributed by atoms with Gasteiger partial charge in [0.15, 0.2) is 0 Å². The van der Waals surface area contributed by atoms with E-state index >= 15 is 0 Å². The van der Waals surface area contributed by atoms with Crippen LogP contribution in [0.2, 0.25) is 0 Å². The largest absolute Gasteiger partial charge is 0.477 e. The lowest BCUT2D eigenvalue weighted by molar-refractivity contribution is -0.111. The summed E-state index contributed by atoms with van der Waals surface area (Å²) in [5.74, 6) is -1.47. The molecule has 5 heteroatoms. The number of rotatable bonds is 4. The third-order valence-electron chi connectivity index (χ3n) is 2.75. The first kappa shape index (κ1) is 14.5. The third-order valence-corrected chi connectivity index (χ3v) is 2.75. The van der Waals surface area contributed by atoms with Gasteiger partial charge in [0.1, 0.15) is 5.69 Å². The van der Waals surface area contributed by atoms with E-state index in [4.69, 9.17) is 5.11 Å². The second-order valence-electron chi connectivity index (χ2n) is 4.47. The van der Waals surface area contributed by atoms with E-state index in [1.165, 1.54) is 24.4 Å². The van der Waals surface area contributed by atoms with Crippen molar-refractivity contribution in [1.29, 1.82) is 0 Å². The average molecular weight is 282 g/mol. The van der Waals surface area contributed by atoms with Crippen LogP contribution in [0.1, 0.15) is 21.6 Å².